The van der Waals surface area contributed by atoms with E-state index in [9.17, 15) is 18.0 Å². The molecule has 0 aliphatic carbocycles. The lowest BCUT2D eigenvalue weighted by Gasteiger charge is -2.26. The van der Waals surface area contributed by atoms with Crippen LogP contribution in [0.2, 0.25) is 0 Å². The first kappa shape index (κ1) is 27.4. The van der Waals surface area contributed by atoms with Crippen LogP contribution in [0.1, 0.15) is 5.56 Å². The number of carbonyl (C=O) groups is 1. The highest BCUT2D eigenvalue weighted by molar-refractivity contribution is 5.90. The highest BCUT2D eigenvalue weighted by Gasteiger charge is 2.27. The number of aromatic nitrogens is 3. The SMILES string of the molecule is Cl.O=C(NCC(F)(F)F)Nc1cccc(-c2cnn3cc(-c4cccc(CN5CCOCC5)c4)cnc23)c1. The Morgan fingerprint density at radius 3 is 2.55 bits per heavy atom. The van der Waals surface area contributed by atoms with Gasteiger partial charge in [-0.05, 0) is 34.9 Å². The number of hydrogen-bond acceptors (Lipinski definition) is 5. The summed E-state index contributed by atoms with van der Waals surface area (Å²) in [5, 5.41) is 8.66. The van der Waals surface area contributed by atoms with Gasteiger partial charge in [-0.15, -0.1) is 12.4 Å². The number of ether oxygens (including phenoxy) is 1. The van der Waals surface area contributed by atoms with Crippen LogP contribution in [-0.4, -0.2) is 64.6 Å². The van der Waals surface area contributed by atoms with Crippen LogP contribution in [0.15, 0.2) is 67.1 Å². The average molecular weight is 547 g/mol. The zero-order valence-corrected chi connectivity index (χ0v) is 21.1. The third-order valence-electron chi connectivity index (χ3n) is 6.01. The minimum Gasteiger partial charge on any atom is -0.379 e. The molecular weight excluding hydrogens is 521 g/mol. The Balaban J connectivity index is 0.00000336. The molecule has 2 N–H and O–H groups in total. The molecule has 8 nitrogen and oxygen atoms in total. The summed E-state index contributed by atoms with van der Waals surface area (Å²) in [5.74, 6) is 0. The molecule has 12 heteroatoms. The summed E-state index contributed by atoms with van der Waals surface area (Å²) in [5.41, 5.74) is 5.58. The van der Waals surface area contributed by atoms with E-state index in [1.54, 1.807) is 40.4 Å². The summed E-state index contributed by atoms with van der Waals surface area (Å²) in [6.07, 6.45) is 0.891. The number of anilines is 1. The van der Waals surface area contributed by atoms with Gasteiger partial charge in [0, 0.05) is 48.8 Å². The van der Waals surface area contributed by atoms with Crippen LogP contribution < -0.4 is 10.6 Å². The van der Waals surface area contributed by atoms with E-state index in [0.29, 0.717) is 11.3 Å². The molecule has 3 heterocycles. The second-order valence-electron chi connectivity index (χ2n) is 8.76. The van der Waals surface area contributed by atoms with Gasteiger partial charge in [-0.2, -0.15) is 18.3 Å². The summed E-state index contributed by atoms with van der Waals surface area (Å²) in [4.78, 5) is 18.8. The summed E-state index contributed by atoms with van der Waals surface area (Å²) in [6, 6.07) is 14.2. The molecule has 1 saturated heterocycles. The Kier molecular flexibility index (Phi) is 8.50. The minimum atomic E-state index is -4.48. The van der Waals surface area contributed by atoms with E-state index < -0.39 is 18.8 Å². The first-order chi connectivity index (χ1) is 17.8. The fourth-order valence-electron chi connectivity index (χ4n) is 4.21. The number of halogens is 4. The lowest BCUT2D eigenvalue weighted by Crippen LogP contribution is -2.36. The summed E-state index contributed by atoms with van der Waals surface area (Å²) in [7, 11) is 0. The molecule has 5 rings (SSSR count). The number of alkyl halides is 3. The maximum absolute atomic E-state index is 12.3. The Hall–Kier alpha value is -3.67. The van der Waals surface area contributed by atoms with Crippen LogP contribution in [-0.2, 0) is 11.3 Å². The zero-order valence-electron chi connectivity index (χ0n) is 20.2. The number of benzene rings is 2. The standard InChI is InChI=1S/C26H25F3N6O2.ClH/c27-26(28,29)17-31-25(36)33-22-6-2-5-20(12-22)23-14-32-35-16-21(13-30-24(23)35)19-4-1-3-18(11-19)15-34-7-9-37-10-8-34;/h1-6,11-14,16H,7-10,15,17H2,(H2,31,33,36);1H. The van der Waals surface area contributed by atoms with Gasteiger partial charge >= 0.3 is 12.2 Å². The summed E-state index contributed by atoms with van der Waals surface area (Å²) < 4.78 is 44.1. The largest absolute Gasteiger partial charge is 0.405 e. The number of urea groups is 1. The van der Waals surface area contributed by atoms with Crippen molar-refractivity contribution in [3.05, 3.63) is 72.7 Å². The fourth-order valence-corrected chi connectivity index (χ4v) is 4.21. The number of hydrogen-bond donors (Lipinski definition) is 2. The second kappa shape index (κ2) is 11.8. The summed E-state index contributed by atoms with van der Waals surface area (Å²) in [6.45, 7) is 2.80. The van der Waals surface area contributed by atoms with Crippen LogP contribution in [0.4, 0.5) is 23.7 Å². The molecule has 0 saturated carbocycles. The van der Waals surface area contributed by atoms with Crippen LogP contribution >= 0.6 is 12.4 Å². The molecular formula is C26H26ClF3N6O2. The van der Waals surface area contributed by atoms with E-state index in [0.717, 1.165) is 55.1 Å². The molecule has 38 heavy (non-hydrogen) atoms. The molecule has 200 valence electrons. The van der Waals surface area contributed by atoms with E-state index in [-0.39, 0.29) is 12.4 Å². The van der Waals surface area contributed by atoms with Gasteiger partial charge in [0.15, 0.2) is 5.65 Å². The van der Waals surface area contributed by atoms with Gasteiger partial charge in [-0.25, -0.2) is 14.3 Å². The smallest absolute Gasteiger partial charge is 0.379 e. The molecule has 0 spiro atoms. The fraction of sp³-hybridized carbons (Fsp3) is 0.269. The maximum Gasteiger partial charge on any atom is 0.405 e. The van der Waals surface area contributed by atoms with Crippen molar-refractivity contribution in [2.75, 3.05) is 38.2 Å². The normalized spacial score (nSPS) is 14.2. The van der Waals surface area contributed by atoms with Gasteiger partial charge < -0.3 is 15.4 Å². The van der Waals surface area contributed by atoms with Crippen LogP contribution in [0.5, 0.6) is 0 Å². The highest BCUT2D eigenvalue weighted by atomic mass is 35.5. The van der Waals surface area contributed by atoms with Crippen molar-refractivity contribution in [2.24, 2.45) is 0 Å². The lowest BCUT2D eigenvalue weighted by molar-refractivity contribution is -0.122. The Morgan fingerprint density at radius 2 is 1.76 bits per heavy atom. The molecule has 2 amide bonds. The Labute approximate surface area is 223 Å². The molecule has 1 aliphatic heterocycles. The van der Waals surface area contributed by atoms with E-state index >= 15 is 0 Å². The monoisotopic (exact) mass is 546 g/mol. The van der Waals surface area contributed by atoms with Crippen molar-refractivity contribution in [2.45, 2.75) is 12.7 Å². The topological polar surface area (TPSA) is 83.8 Å². The van der Waals surface area contributed by atoms with Crippen LogP contribution in [0.3, 0.4) is 0 Å². The quantitative estimate of drug-likeness (QED) is 0.355. The van der Waals surface area contributed by atoms with Gasteiger partial charge in [-0.3, -0.25) is 4.90 Å². The van der Waals surface area contributed by atoms with Crippen molar-refractivity contribution in [1.82, 2.24) is 24.8 Å². The van der Waals surface area contributed by atoms with Gasteiger partial charge in [0.2, 0.25) is 0 Å². The van der Waals surface area contributed by atoms with Gasteiger partial charge in [0.05, 0.1) is 19.4 Å². The van der Waals surface area contributed by atoms with E-state index in [1.165, 1.54) is 5.56 Å². The number of fused-ring (bicyclic) bond motifs is 1. The molecule has 1 fully saturated rings. The van der Waals surface area contributed by atoms with Crippen molar-refractivity contribution < 1.29 is 22.7 Å². The molecule has 2 aromatic carbocycles. The third-order valence-corrected chi connectivity index (χ3v) is 6.01. The molecule has 1 aliphatic rings. The number of carbonyl (C=O) groups excluding carboxylic acids is 1. The van der Waals surface area contributed by atoms with E-state index in [2.05, 4.69) is 32.4 Å². The number of amides is 2. The molecule has 2 aromatic heterocycles. The first-order valence-corrected chi connectivity index (χ1v) is 11.8. The van der Waals surface area contributed by atoms with Gasteiger partial charge in [0.1, 0.15) is 6.54 Å². The summed E-state index contributed by atoms with van der Waals surface area (Å²) >= 11 is 0. The number of nitrogens with one attached hydrogen (secondary N) is 2. The van der Waals surface area contributed by atoms with Gasteiger partial charge in [0.25, 0.3) is 0 Å². The van der Waals surface area contributed by atoms with Crippen LogP contribution in [0.25, 0.3) is 27.9 Å². The average Bonchev–Trinajstić information content (AvgIpc) is 3.31. The Bertz CT molecular complexity index is 1410. The molecule has 4 aromatic rings. The van der Waals surface area contributed by atoms with Crippen molar-refractivity contribution in [1.29, 1.82) is 0 Å². The highest BCUT2D eigenvalue weighted by Crippen LogP contribution is 2.28. The van der Waals surface area contributed by atoms with Crippen LogP contribution in [0, 0.1) is 0 Å². The predicted octanol–water partition coefficient (Wildman–Crippen LogP) is 5.00. The lowest BCUT2D eigenvalue weighted by atomic mass is 10.1. The zero-order chi connectivity index (χ0) is 25.8. The van der Waals surface area contributed by atoms with Crippen molar-refractivity contribution >= 4 is 29.8 Å². The third kappa shape index (κ3) is 6.80. The molecule has 0 atom stereocenters. The Morgan fingerprint density at radius 1 is 1.00 bits per heavy atom. The number of morpholine rings is 1. The van der Waals surface area contributed by atoms with Gasteiger partial charge in [-0.1, -0.05) is 30.3 Å². The van der Waals surface area contributed by atoms with E-state index in [1.807, 2.05) is 24.4 Å². The number of nitrogens with zero attached hydrogens (tertiary/aromatic N) is 4. The van der Waals surface area contributed by atoms with E-state index in [4.69, 9.17) is 4.74 Å². The molecule has 0 radical (unpaired) electrons. The minimum absolute atomic E-state index is 0. The number of rotatable bonds is 6. The maximum atomic E-state index is 12.3. The van der Waals surface area contributed by atoms with Crippen molar-refractivity contribution in [3.8, 4) is 22.3 Å². The second-order valence-corrected chi connectivity index (χ2v) is 8.76. The first-order valence-electron chi connectivity index (χ1n) is 11.8. The van der Waals surface area contributed by atoms with Crippen molar-refractivity contribution in [3.63, 3.8) is 0 Å². The predicted molar refractivity (Wildman–Crippen MR) is 140 cm³/mol. The molecule has 0 unspecified atom stereocenters. The molecule has 0 bridgehead atoms.